The van der Waals surface area contributed by atoms with Crippen molar-refractivity contribution in [1.82, 2.24) is 4.98 Å². The normalized spacial score (nSPS) is 18.5. The summed E-state index contributed by atoms with van der Waals surface area (Å²) >= 11 is 0. The highest BCUT2D eigenvalue weighted by molar-refractivity contribution is 5.98. The number of rotatable bonds is 8. The van der Waals surface area contributed by atoms with Crippen LogP contribution in [0.1, 0.15) is 56.9 Å². The first-order valence-corrected chi connectivity index (χ1v) is 17.6. The fourth-order valence-corrected chi connectivity index (χ4v) is 7.63. The van der Waals surface area contributed by atoms with E-state index in [2.05, 4.69) is 72.8 Å². The van der Waals surface area contributed by atoms with Crippen LogP contribution in [0.15, 0.2) is 210 Å². The average Bonchev–Trinajstić information content (AvgIpc) is 3.85. The number of hydrogen-bond acceptors (Lipinski definition) is 5. The average molecular weight is 674 g/mol. The molecular weight excluding hydrogens is 639 g/mol. The van der Waals surface area contributed by atoms with E-state index in [4.69, 9.17) is 24.4 Å². The number of benzene rings is 6. The fourth-order valence-electron chi connectivity index (χ4n) is 7.63. The quantitative estimate of drug-likeness (QED) is 0.161. The zero-order chi connectivity index (χ0) is 34.8. The van der Waals surface area contributed by atoms with E-state index in [1.807, 2.05) is 127 Å². The Hall–Kier alpha value is -6.59. The summed E-state index contributed by atoms with van der Waals surface area (Å²) in [6.45, 7) is 0. The summed E-state index contributed by atoms with van der Waals surface area (Å²) in [6, 6.07) is 67.2. The van der Waals surface area contributed by atoms with Crippen LogP contribution < -0.4 is 0 Å². The minimum Gasteiger partial charge on any atom is -0.457 e. The first-order chi connectivity index (χ1) is 25.8. The summed E-state index contributed by atoms with van der Waals surface area (Å²) in [5, 5.41) is 0. The van der Waals surface area contributed by atoms with Crippen LogP contribution in [0.3, 0.4) is 0 Å². The molecule has 0 unspecified atom stereocenters. The molecule has 1 aromatic heterocycles. The first-order valence-electron chi connectivity index (χ1n) is 17.6. The summed E-state index contributed by atoms with van der Waals surface area (Å²) < 4.78 is 14.3. The summed E-state index contributed by atoms with van der Waals surface area (Å²) in [4.78, 5) is 15.9. The van der Waals surface area contributed by atoms with E-state index in [1.54, 1.807) is 0 Å². The predicted molar refractivity (Wildman–Crippen MR) is 205 cm³/mol. The highest BCUT2D eigenvalue weighted by atomic mass is 16.5. The maximum absolute atomic E-state index is 7.17. The van der Waals surface area contributed by atoms with Crippen LogP contribution in [0.2, 0.25) is 0 Å². The van der Waals surface area contributed by atoms with Crippen molar-refractivity contribution >= 4 is 11.8 Å². The van der Waals surface area contributed by atoms with Crippen molar-refractivity contribution in [2.75, 3.05) is 0 Å². The molecule has 2 aliphatic heterocycles. The van der Waals surface area contributed by atoms with E-state index in [0.717, 1.165) is 33.4 Å². The smallest absolute Gasteiger partial charge is 0.237 e. The van der Waals surface area contributed by atoms with Crippen LogP contribution in [-0.2, 0) is 20.7 Å². The van der Waals surface area contributed by atoms with Crippen LogP contribution in [0.5, 0.6) is 0 Å². The molecule has 9 rings (SSSR count). The van der Waals surface area contributed by atoms with Gasteiger partial charge in [0, 0.05) is 22.3 Å². The Labute approximate surface area is 303 Å². The second-order valence-corrected chi connectivity index (χ2v) is 13.0. The van der Waals surface area contributed by atoms with Crippen molar-refractivity contribution in [2.45, 2.75) is 23.3 Å². The summed E-state index contributed by atoms with van der Waals surface area (Å²) in [7, 11) is 0. The fraction of sp³-hybridized carbons (Fsp3) is 0.0851. The number of aromatic nitrogens is 1. The Kier molecular flexibility index (Phi) is 8.01. The van der Waals surface area contributed by atoms with Gasteiger partial charge in [-0.3, -0.25) is 0 Å². The summed E-state index contributed by atoms with van der Waals surface area (Å²) in [5.74, 6) is 0.915. The Balaban J connectivity index is 1.18. The molecule has 0 N–H and O–H groups in total. The van der Waals surface area contributed by atoms with Gasteiger partial charge in [-0.2, -0.15) is 0 Å². The molecule has 7 aromatic rings. The second-order valence-electron chi connectivity index (χ2n) is 13.0. The molecular formula is C47H35N3O2. The van der Waals surface area contributed by atoms with Gasteiger partial charge >= 0.3 is 0 Å². The van der Waals surface area contributed by atoms with Crippen molar-refractivity contribution in [3.05, 3.63) is 245 Å². The number of pyridine rings is 1. The third kappa shape index (κ3) is 5.30. The molecule has 52 heavy (non-hydrogen) atoms. The van der Waals surface area contributed by atoms with Gasteiger partial charge in [0.15, 0.2) is 11.2 Å². The molecule has 0 radical (unpaired) electrons. The van der Waals surface area contributed by atoms with Gasteiger partial charge in [0.2, 0.25) is 11.8 Å². The zero-order valence-corrected chi connectivity index (χ0v) is 28.4. The van der Waals surface area contributed by atoms with E-state index < -0.39 is 11.2 Å². The molecule has 3 heterocycles. The first kappa shape index (κ1) is 31.4. The molecule has 5 nitrogen and oxygen atoms in total. The summed E-state index contributed by atoms with van der Waals surface area (Å²) in [6.07, 6.45) is 0. The number of nitrogens with zero attached hydrogens (tertiary/aromatic N) is 3. The lowest BCUT2D eigenvalue weighted by Gasteiger charge is -2.35. The number of aliphatic imine (C=N–C) groups is 2. The van der Waals surface area contributed by atoms with Crippen LogP contribution in [0.25, 0.3) is 0 Å². The van der Waals surface area contributed by atoms with Crippen molar-refractivity contribution in [1.29, 1.82) is 0 Å². The van der Waals surface area contributed by atoms with Gasteiger partial charge in [0.05, 0.1) is 0 Å². The molecule has 2 atom stereocenters. The topological polar surface area (TPSA) is 56.1 Å². The zero-order valence-electron chi connectivity index (χ0n) is 28.4. The van der Waals surface area contributed by atoms with Gasteiger partial charge in [0.1, 0.15) is 23.5 Å². The van der Waals surface area contributed by atoms with Gasteiger partial charge in [-0.25, -0.2) is 15.0 Å². The molecule has 0 amide bonds. The highest BCUT2D eigenvalue weighted by Crippen LogP contribution is 2.52. The Morgan fingerprint density at radius 2 is 0.615 bits per heavy atom. The lowest BCUT2D eigenvalue weighted by atomic mass is 9.78. The third-order valence-corrected chi connectivity index (χ3v) is 10.0. The van der Waals surface area contributed by atoms with Crippen molar-refractivity contribution < 1.29 is 9.47 Å². The molecule has 0 saturated heterocycles. The van der Waals surface area contributed by atoms with E-state index in [0.29, 0.717) is 23.2 Å². The molecule has 5 heteroatoms. The molecule has 250 valence electrons. The van der Waals surface area contributed by atoms with E-state index in [1.165, 1.54) is 0 Å². The molecule has 2 aliphatic rings. The lowest BCUT2D eigenvalue weighted by molar-refractivity contribution is 0.0970. The summed E-state index contributed by atoms with van der Waals surface area (Å²) in [5.41, 5.74) is 5.49. The number of hydrogen-bond donors (Lipinski definition) is 0. The third-order valence-electron chi connectivity index (χ3n) is 10.0. The van der Waals surface area contributed by atoms with E-state index >= 15 is 0 Å². The van der Waals surface area contributed by atoms with E-state index in [-0.39, 0.29) is 12.1 Å². The van der Waals surface area contributed by atoms with Crippen LogP contribution in [-0.4, -0.2) is 16.8 Å². The molecule has 0 aliphatic carbocycles. The number of ether oxygens (including phenoxy) is 2. The molecule has 0 bridgehead atoms. The molecule has 0 fully saturated rings. The monoisotopic (exact) mass is 673 g/mol. The second kappa shape index (κ2) is 13.3. The van der Waals surface area contributed by atoms with Crippen LogP contribution in [0, 0.1) is 0 Å². The Bertz CT molecular complexity index is 2100. The van der Waals surface area contributed by atoms with Crippen molar-refractivity contribution in [2.24, 2.45) is 9.98 Å². The van der Waals surface area contributed by atoms with Gasteiger partial charge in [0.25, 0.3) is 0 Å². The Morgan fingerprint density at radius 3 is 0.923 bits per heavy atom. The van der Waals surface area contributed by atoms with E-state index in [9.17, 15) is 0 Å². The predicted octanol–water partition coefficient (Wildman–Crippen LogP) is 10.0. The molecule has 0 saturated carbocycles. The van der Waals surface area contributed by atoms with Gasteiger partial charge in [-0.1, -0.05) is 188 Å². The standard InChI is InChI=1S/C47H35N3O2/c1-7-20-34(21-8-1)42-46(36-24-11-3-12-25-36,37-26-13-4-14-27-37)51-44(49-42)40-32-19-33-41(48-40)45-50-43(35-22-9-2-10-23-35)47(52-45,38-28-15-5-16-29-38)39-30-17-6-18-31-39/h1-33,42-43H/t42-,43-/m0/s1. The van der Waals surface area contributed by atoms with Gasteiger partial charge < -0.3 is 9.47 Å². The minimum absolute atomic E-state index is 0.370. The van der Waals surface area contributed by atoms with Crippen molar-refractivity contribution in [3.63, 3.8) is 0 Å². The highest BCUT2D eigenvalue weighted by Gasteiger charge is 2.52. The maximum atomic E-state index is 7.17. The van der Waals surface area contributed by atoms with Crippen LogP contribution in [0.4, 0.5) is 0 Å². The van der Waals surface area contributed by atoms with Gasteiger partial charge in [-0.05, 0) is 23.3 Å². The van der Waals surface area contributed by atoms with Crippen molar-refractivity contribution in [3.8, 4) is 0 Å². The Morgan fingerprint density at radius 1 is 0.327 bits per heavy atom. The lowest BCUT2D eigenvalue weighted by Crippen LogP contribution is -2.35. The molecule has 6 aromatic carbocycles. The minimum atomic E-state index is -0.924. The molecule has 0 spiro atoms. The van der Waals surface area contributed by atoms with Gasteiger partial charge in [-0.15, -0.1) is 0 Å². The van der Waals surface area contributed by atoms with Crippen LogP contribution >= 0.6 is 0 Å². The largest absolute Gasteiger partial charge is 0.457 e. The SMILES string of the molecule is c1ccc([C@@H]2N=C(c3cccc(C4=N[C@@H](c5ccccc5)C(c5ccccc5)(c5ccccc5)O4)n3)OC2(c2ccccc2)c2ccccc2)cc1. The maximum Gasteiger partial charge on any atom is 0.237 e.